The molecule has 0 aliphatic carbocycles. The highest BCUT2D eigenvalue weighted by Gasteiger charge is 2.58. The van der Waals surface area contributed by atoms with Crippen molar-refractivity contribution in [3.8, 4) is 0 Å². The summed E-state index contributed by atoms with van der Waals surface area (Å²) >= 11 is 0. The molecule has 0 amide bonds. The molecule has 2 heteroatoms. The molecule has 1 radical (unpaired) electrons. The molecule has 0 aliphatic rings. The number of hydrogen-bond acceptors (Lipinski definition) is 0. The second-order valence-corrected chi connectivity index (χ2v) is 9.84. The molecule has 0 spiro atoms. The van der Waals surface area contributed by atoms with Crippen LogP contribution in [0, 0.1) is 0 Å². The van der Waals surface area contributed by atoms with Gasteiger partial charge in [0.1, 0.15) is 0 Å². The van der Waals surface area contributed by atoms with Gasteiger partial charge >= 0.3 is 15.1 Å². The molecule has 0 atom stereocenters. The monoisotopic (exact) mass is 186 g/mol. The first-order valence-corrected chi connectivity index (χ1v) is 6.91. The molecule has 0 rings (SSSR count). The van der Waals surface area contributed by atoms with Crippen LogP contribution in [0.4, 0.5) is 0 Å². The van der Waals surface area contributed by atoms with Crippen molar-refractivity contribution in [1.82, 2.24) is 0 Å². The van der Waals surface area contributed by atoms with Crippen molar-refractivity contribution in [1.29, 1.82) is 0 Å². The average molecular weight is 186 g/mol. The van der Waals surface area contributed by atoms with E-state index < -0.39 is 8.32 Å². The lowest BCUT2D eigenvalue weighted by Crippen LogP contribution is -2.44. The largest absolute Gasteiger partial charge is 0.525 e. The Morgan fingerprint density at radius 2 is 1.08 bits per heavy atom. The lowest BCUT2D eigenvalue weighted by molar-refractivity contribution is 0.292. The van der Waals surface area contributed by atoms with Crippen LogP contribution in [0.2, 0.25) is 16.6 Å². The molecule has 0 saturated carbocycles. The molecule has 0 saturated heterocycles. The minimum absolute atomic E-state index is 0.586. The third-order valence-electron chi connectivity index (χ3n) is 2.91. The smallest absolute Gasteiger partial charge is 0.369 e. The predicted octanol–water partition coefficient (Wildman–Crippen LogP) is 3.44. The minimum Gasteiger partial charge on any atom is -0.369 e. The number of hydrogen-bond donors (Lipinski definition) is 0. The third-order valence-corrected chi connectivity index (χ3v) is 8.73. The van der Waals surface area contributed by atoms with Gasteiger partial charge in [-0.1, -0.05) is 41.5 Å². The van der Waals surface area contributed by atoms with E-state index in [2.05, 4.69) is 41.5 Å². The van der Waals surface area contributed by atoms with E-state index in [1.54, 1.807) is 0 Å². The standard InChI is InChI=1S/C10H22OSi/c1-8(2)12(11-7,9(3)4)10(5)6/h7-10H,1-6H3/q+1. The van der Waals surface area contributed by atoms with Crippen LogP contribution in [-0.2, 0) is 4.11 Å². The van der Waals surface area contributed by atoms with Gasteiger partial charge in [-0.05, 0) is 0 Å². The molecule has 0 aromatic heterocycles. The zero-order chi connectivity index (χ0) is 9.94. The topological polar surface area (TPSA) is 11.3 Å². The molecule has 0 aromatic carbocycles. The molecule has 1 nitrogen and oxygen atoms in total. The Balaban J connectivity index is 4.89. The van der Waals surface area contributed by atoms with Crippen molar-refractivity contribution >= 4 is 15.1 Å². The molecule has 0 aromatic rings. The van der Waals surface area contributed by atoms with Crippen LogP contribution in [0.5, 0.6) is 0 Å². The van der Waals surface area contributed by atoms with Crippen molar-refractivity contribution in [3.05, 3.63) is 0 Å². The summed E-state index contributed by atoms with van der Waals surface area (Å²) in [4.78, 5) is 0. The van der Waals surface area contributed by atoms with Crippen LogP contribution in [0.3, 0.4) is 0 Å². The van der Waals surface area contributed by atoms with Crippen molar-refractivity contribution in [2.45, 2.75) is 58.2 Å². The zero-order valence-corrected chi connectivity index (χ0v) is 10.2. The van der Waals surface area contributed by atoms with Crippen molar-refractivity contribution in [3.63, 3.8) is 0 Å². The first-order chi connectivity index (χ1) is 5.39. The summed E-state index contributed by atoms with van der Waals surface area (Å²) in [6.45, 7) is 18.8. The van der Waals surface area contributed by atoms with E-state index in [9.17, 15) is 0 Å². The summed E-state index contributed by atoms with van der Waals surface area (Å²) in [6, 6.07) is 0. The molecule has 71 valence electrons. The maximum atomic E-state index is 5.47. The normalized spacial score (nSPS) is 13.1. The Kier molecular flexibility index (Phi) is 4.18. The molecule has 0 unspecified atom stereocenters. The SMILES string of the molecule is [CH]=[O+][Si](C(C)C)(C(C)C)C(C)C. The van der Waals surface area contributed by atoms with Gasteiger partial charge in [0.05, 0.1) is 0 Å². The number of rotatable bonds is 4. The van der Waals surface area contributed by atoms with Crippen LogP contribution < -0.4 is 0 Å². The second-order valence-electron chi connectivity index (χ2n) is 4.44. The van der Waals surface area contributed by atoms with Gasteiger partial charge < -0.3 is 4.11 Å². The Morgan fingerprint density at radius 3 is 1.08 bits per heavy atom. The van der Waals surface area contributed by atoms with Crippen LogP contribution in [0.25, 0.3) is 0 Å². The summed E-state index contributed by atoms with van der Waals surface area (Å²) in [5.74, 6) is 0. The summed E-state index contributed by atoms with van der Waals surface area (Å²) in [7, 11) is -1.72. The molecule has 0 N–H and O–H groups in total. The van der Waals surface area contributed by atoms with Crippen molar-refractivity contribution in [2.24, 2.45) is 0 Å². The van der Waals surface area contributed by atoms with Crippen LogP contribution >= 0.6 is 0 Å². The molecule has 0 bridgehead atoms. The van der Waals surface area contributed by atoms with Crippen LogP contribution in [0.1, 0.15) is 41.5 Å². The Hall–Kier alpha value is -0.113. The lowest BCUT2D eigenvalue weighted by atomic mass is 10.5. The van der Waals surface area contributed by atoms with E-state index in [1.807, 2.05) is 0 Å². The van der Waals surface area contributed by atoms with E-state index in [4.69, 9.17) is 10.9 Å². The molecular weight excluding hydrogens is 164 g/mol. The highest BCUT2D eigenvalue weighted by atomic mass is 28.4. The molecule has 0 aliphatic heterocycles. The van der Waals surface area contributed by atoms with Crippen LogP contribution in [-0.4, -0.2) is 15.1 Å². The fraction of sp³-hybridized carbons (Fsp3) is 0.900. The minimum atomic E-state index is -1.72. The van der Waals surface area contributed by atoms with E-state index in [0.717, 1.165) is 0 Å². The zero-order valence-electron chi connectivity index (χ0n) is 9.22. The lowest BCUT2D eigenvalue weighted by Gasteiger charge is -2.25. The van der Waals surface area contributed by atoms with Gasteiger partial charge in [-0.25, -0.2) is 0 Å². The highest BCUT2D eigenvalue weighted by molar-refractivity contribution is 6.76. The van der Waals surface area contributed by atoms with E-state index in [0.29, 0.717) is 16.6 Å². The Morgan fingerprint density at radius 1 is 0.833 bits per heavy atom. The van der Waals surface area contributed by atoms with Gasteiger partial charge in [0.2, 0.25) is 0 Å². The van der Waals surface area contributed by atoms with Gasteiger partial charge in [0, 0.05) is 16.6 Å². The fourth-order valence-corrected chi connectivity index (χ4v) is 7.22. The molecule has 12 heavy (non-hydrogen) atoms. The van der Waals surface area contributed by atoms with E-state index >= 15 is 0 Å². The van der Waals surface area contributed by atoms with Gasteiger partial charge in [-0.3, -0.25) is 0 Å². The maximum Gasteiger partial charge on any atom is 0.525 e. The summed E-state index contributed by atoms with van der Waals surface area (Å²) < 4.78 is 5.36. The van der Waals surface area contributed by atoms with Gasteiger partial charge in [-0.2, -0.15) is 0 Å². The van der Waals surface area contributed by atoms with Gasteiger partial charge in [0.25, 0.3) is 0 Å². The van der Waals surface area contributed by atoms with Gasteiger partial charge in [-0.15, -0.1) is 0 Å². The quantitative estimate of drug-likeness (QED) is 0.362. The Labute approximate surface area is 78.0 Å². The molecule has 0 heterocycles. The maximum absolute atomic E-state index is 5.47. The van der Waals surface area contributed by atoms with E-state index in [1.165, 1.54) is 0 Å². The second kappa shape index (κ2) is 4.22. The third kappa shape index (κ3) is 1.79. The van der Waals surface area contributed by atoms with Crippen molar-refractivity contribution < 1.29 is 4.11 Å². The van der Waals surface area contributed by atoms with Crippen molar-refractivity contribution in [2.75, 3.05) is 0 Å². The average Bonchev–Trinajstić information content (AvgIpc) is 1.86. The Bertz CT molecular complexity index is 128. The molecule has 0 fully saturated rings. The fourth-order valence-electron chi connectivity index (χ4n) is 2.41. The predicted molar refractivity (Wildman–Crippen MR) is 57.8 cm³/mol. The highest BCUT2D eigenvalue weighted by Crippen LogP contribution is 2.39. The van der Waals surface area contributed by atoms with Gasteiger partial charge in [0.15, 0.2) is 0 Å². The summed E-state index contributed by atoms with van der Waals surface area (Å²) in [5.41, 5.74) is 1.76. The first-order valence-electron chi connectivity index (χ1n) is 4.77. The van der Waals surface area contributed by atoms with E-state index in [-0.39, 0.29) is 0 Å². The number of carbonyl (C=O) groups excluding carboxylic acids is 1. The van der Waals surface area contributed by atoms with Crippen LogP contribution in [0.15, 0.2) is 0 Å². The molecular formula is C10H22OSi+. The first kappa shape index (κ1) is 11.9. The summed E-state index contributed by atoms with van der Waals surface area (Å²) in [5, 5.41) is 0. The summed E-state index contributed by atoms with van der Waals surface area (Å²) in [6.07, 6.45) is 0.